The molecule has 0 aromatic heterocycles. The number of hydrogen-bond donors (Lipinski definition) is 0. The second-order valence-electron chi connectivity index (χ2n) is 2.52. The van der Waals surface area contributed by atoms with Crippen molar-refractivity contribution >= 4 is 63.0 Å². The van der Waals surface area contributed by atoms with Gasteiger partial charge in [0.25, 0.3) is 0 Å². The quantitative estimate of drug-likeness (QED) is 0.317. The molecule has 74 valence electrons. The molecule has 0 amide bonds. The third-order valence-electron chi connectivity index (χ3n) is 1.53. The van der Waals surface area contributed by atoms with Gasteiger partial charge in [0, 0.05) is 0 Å². The normalized spacial score (nSPS) is 7.58. The van der Waals surface area contributed by atoms with Crippen LogP contribution in [0, 0.1) is 0 Å². The Morgan fingerprint density at radius 3 is 1.58 bits per heavy atom. The van der Waals surface area contributed by atoms with E-state index in [1.165, 1.54) is 43.0 Å². The van der Waals surface area contributed by atoms with Crippen LogP contribution < -0.4 is 0 Å². The van der Waals surface area contributed by atoms with Crippen molar-refractivity contribution in [3.8, 4) is 0 Å². The molecule has 0 bridgehead atoms. The van der Waals surface area contributed by atoms with Crippen LogP contribution in [-0.4, -0.2) is 22.5 Å². The molecule has 0 aromatic rings. The van der Waals surface area contributed by atoms with Gasteiger partial charge in [-0.1, -0.05) is 0 Å². The van der Waals surface area contributed by atoms with Gasteiger partial charge in [-0.3, -0.25) is 0 Å². The Morgan fingerprint density at radius 1 is 0.750 bits per heavy atom. The second kappa shape index (κ2) is 23.0. The van der Waals surface area contributed by atoms with E-state index in [9.17, 15) is 0 Å². The van der Waals surface area contributed by atoms with Gasteiger partial charge in [0.2, 0.25) is 0 Å². The Kier molecular flexibility index (Phi) is 45.3. The zero-order valence-corrected chi connectivity index (χ0v) is 13.3. The van der Waals surface area contributed by atoms with E-state index < -0.39 is 0 Å². The van der Waals surface area contributed by atoms with Gasteiger partial charge in [-0.05, 0) is 0 Å². The minimum atomic E-state index is 0. The van der Waals surface area contributed by atoms with Crippen LogP contribution in [0.5, 0.6) is 0 Å². The molecule has 0 rings (SSSR count). The molecule has 0 aromatic carbocycles. The molecule has 0 unspecified atom stereocenters. The smallest absolute Gasteiger partial charge is 0.813 e. The Bertz CT molecular complexity index is 47.6. The first-order chi connectivity index (χ1) is 4.41. The van der Waals surface area contributed by atoms with E-state index >= 15 is 0 Å². The van der Waals surface area contributed by atoms with E-state index in [1.54, 1.807) is 22.5 Å². The minimum Gasteiger partial charge on any atom is -0.813 e. The monoisotopic (exact) mass is 332 g/mol. The molecule has 0 N–H and O–H groups in total. The van der Waals surface area contributed by atoms with Crippen molar-refractivity contribution in [3.63, 3.8) is 0 Å². The molecule has 12 heavy (non-hydrogen) atoms. The van der Waals surface area contributed by atoms with Crippen LogP contribution in [0.4, 0.5) is 0 Å². The standard InChI is InChI=1S/C8H17.3H2S.Sn/c1-3-5-7-8-6-4-2;;;;/h1,3-8H2,2H3;3*1H2;/q;;;;+3/p-3. The first-order valence-electron chi connectivity index (χ1n) is 4.06. The first kappa shape index (κ1) is 23.6. The summed E-state index contributed by atoms with van der Waals surface area (Å²) in [6, 6.07) is 0. The van der Waals surface area contributed by atoms with Crippen LogP contribution in [0.3, 0.4) is 0 Å². The molecule has 0 atom stereocenters. The number of hydrogen-bond acceptors (Lipinski definition) is 3. The molecule has 0 saturated heterocycles. The van der Waals surface area contributed by atoms with Crippen LogP contribution in [-0.2, 0) is 40.5 Å². The van der Waals surface area contributed by atoms with Crippen LogP contribution in [0.15, 0.2) is 0 Å². The fourth-order valence-electron chi connectivity index (χ4n) is 0.905. The van der Waals surface area contributed by atoms with Crippen molar-refractivity contribution in [2.24, 2.45) is 0 Å². The van der Waals surface area contributed by atoms with Gasteiger partial charge in [0.05, 0.1) is 0 Å². The van der Waals surface area contributed by atoms with Crippen LogP contribution >= 0.6 is 0 Å². The van der Waals surface area contributed by atoms with Gasteiger partial charge in [0.15, 0.2) is 0 Å². The maximum atomic E-state index is 2.27. The average molecular weight is 331 g/mol. The SMILES string of the molecule is CCCCCCC[CH2][Sn+3].[SH-].[SH-].[SH-]. The molecule has 0 aliphatic heterocycles. The number of rotatable bonds is 6. The molecule has 0 radical (unpaired) electrons. The summed E-state index contributed by atoms with van der Waals surface area (Å²) >= 11 is 1.71. The summed E-state index contributed by atoms with van der Waals surface area (Å²) in [6.07, 6.45) is 8.71. The van der Waals surface area contributed by atoms with E-state index in [2.05, 4.69) is 6.92 Å². The summed E-state index contributed by atoms with van der Waals surface area (Å²) in [5, 5.41) is 0. The van der Waals surface area contributed by atoms with Gasteiger partial charge in [-0.15, -0.1) is 0 Å². The fourth-order valence-corrected chi connectivity index (χ4v) is 1.62. The molecule has 0 heterocycles. The molecule has 0 saturated carbocycles. The average Bonchev–Trinajstić information content (AvgIpc) is 1.89. The Balaban J connectivity index is -0.000000107. The Labute approximate surface area is 112 Å². The predicted octanol–water partition coefficient (Wildman–Crippen LogP) is 2.12. The Hall–Kier alpha value is 1.85. The predicted molar refractivity (Wildman–Crippen MR) is 70.2 cm³/mol. The van der Waals surface area contributed by atoms with Crippen LogP contribution in [0.2, 0.25) is 4.44 Å². The Morgan fingerprint density at radius 2 is 1.17 bits per heavy atom. The minimum absolute atomic E-state index is 0. The van der Waals surface area contributed by atoms with Crippen molar-refractivity contribution in [1.29, 1.82) is 0 Å². The molecule has 4 heteroatoms. The molecule has 0 aliphatic carbocycles. The number of unbranched alkanes of at least 4 members (excludes halogenated alkanes) is 5. The van der Waals surface area contributed by atoms with Gasteiger partial charge in [-0.2, -0.15) is 0 Å². The topological polar surface area (TPSA) is 0 Å². The first-order valence-corrected chi connectivity index (χ1v) is 6.08. The van der Waals surface area contributed by atoms with E-state index in [4.69, 9.17) is 0 Å². The van der Waals surface area contributed by atoms with Crippen molar-refractivity contribution in [3.05, 3.63) is 0 Å². The zero-order chi connectivity index (χ0) is 6.95. The second-order valence-corrected chi connectivity index (χ2v) is 3.94. The van der Waals surface area contributed by atoms with E-state index in [0.717, 1.165) is 0 Å². The third-order valence-corrected chi connectivity index (χ3v) is 2.54. The summed E-state index contributed by atoms with van der Waals surface area (Å²) in [4.78, 5) is 0. The summed E-state index contributed by atoms with van der Waals surface area (Å²) in [7, 11) is 0. The third kappa shape index (κ3) is 22.6. The zero-order valence-electron chi connectivity index (χ0n) is 7.79. The summed E-state index contributed by atoms with van der Waals surface area (Å²) < 4.78 is 1.46. The van der Waals surface area contributed by atoms with Crippen LogP contribution in [0.1, 0.15) is 45.4 Å². The molecule has 0 fully saturated rings. The molecular weight excluding hydrogens is 311 g/mol. The van der Waals surface area contributed by atoms with Gasteiger partial charge in [-0.25, -0.2) is 0 Å². The van der Waals surface area contributed by atoms with E-state index in [-0.39, 0.29) is 40.5 Å². The fraction of sp³-hybridized carbons (Fsp3) is 1.00. The van der Waals surface area contributed by atoms with Gasteiger partial charge < -0.3 is 40.5 Å². The molecular formula is C8H20S3Sn. The van der Waals surface area contributed by atoms with E-state index in [1.807, 2.05) is 0 Å². The van der Waals surface area contributed by atoms with Crippen molar-refractivity contribution in [2.45, 2.75) is 49.9 Å². The van der Waals surface area contributed by atoms with Gasteiger partial charge >= 0.3 is 72.4 Å². The van der Waals surface area contributed by atoms with Gasteiger partial charge in [0.1, 0.15) is 0 Å². The summed E-state index contributed by atoms with van der Waals surface area (Å²) in [6.45, 7) is 2.27. The molecule has 0 spiro atoms. The maximum Gasteiger partial charge on any atom is -0.813 e. The number of thiol groups is 3. The van der Waals surface area contributed by atoms with Crippen molar-refractivity contribution in [2.75, 3.05) is 0 Å². The van der Waals surface area contributed by atoms with Crippen molar-refractivity contribution < 1.29 is 0 Å². The summed E-state index contributed by atoms with van der Waals surface area (Å²) in [5.74, 6) is 0. The molecule has 0 aliphatic rings. The summed E-state index contributed by atoms with van der Waals surface area (Å²) in [5.41, 5.74) is 0. The van der Waals surface area contributed by atoms with Crippen molar-refractivity contribution in [1.82, 2.24) is 0 Å². The maximum absolute atomic E-state index is 2.27. The largest absolute Gasteiger partial charge is 0.813 e. The molecule has 0 nitrogen and oxygen atoms in total. The van der Waals surface area contributed by atoms with Crippen LogP contribution in [0.25, 0.3) is 0 Å². The van der Waals surface area contributed by atoms with E-state index in [0.29, 0.717) is 0 Å².